The van der Waals surface area contributed by atoms with Crippen LogP contribution in [0.15, 0.2) is 16.3 Å². The maximum absolute atomic E-state index is 10.7. The number of carbonyl (C=O) groups is 1. The molecule has 0 bridgehead atoms. The molecule has 66 valence electrons. The van der Waals surface area contributed by atoms with Gasteiger partial charge in [0.15, 0.2) is 0 Å². The fourth-order valence-electron chi connectivity index (χ4n) is 0.677. The van der Waals surface area contributed by atoms with Crippen LogP contribution in [0, 0.1) is 0 Å². The summed E-state index contributed by atoms with van der Waals surface area (Å²) in [7, 11) is -3.91. The van der Waals surface area contributed by atoms with E-state index < -0.39 is 16.0 Å². The van der Waals surface area contributed by atoms with Crippen LogP contribution < -0.4 is 5.14 Å². The van der Waals surface area contributed by atoms with Crippen molar-refractivity contribution < 1.29 is 18.3 Å². The molecule has 1 aromatic heterocycles. The van der Waals surface area contributed by atoms with Crippen LogP contribution in [-0.4, -0.2) is 19.5 Å². The van der Waals surface area contributed by atoms with Crippen LogP contribution in [0.4, 0.5) is 0 Å². The molecular formula is C5H5NO4S2. The molecular weight excluding hydrogens is 202 g/mol. The smallest absolute Gasteiger partial charge is 0.347 e. The highest BCUT2D eigenvalue weighted by Gasteiger charge is 2.19. The minimum atomic E-state index is -3.91. The number of carboxylic acid groups (broad SMARTS) is 1. The molecule has 0 saturated heterocycles. The molecule has 0 spiro atoms. The number of nitrogens with two attached hydrogens (primary N) is 1. The molecule has 12 heavy (non-hydrogen) atoms. The van der Waals surface area contributed by atoms with Gasteiger partial charge >= 0.3 is 5.97 Å². The monoisotopic (exact) mass is 207 g/mol. The number of primary sulfonamides is 1. The average Bonchev–Trinajstić information content (AvgIpc) is 2.30. The SMILES string of the molecule is NS(=O)(=O)c1ccsc1C(=O)O. The Morgan fingerprint density at radius 2 is 2.17 bits per heavy atom. The molecule has 1 heterocycles. The van der Waals surface area contributed by atoms with Crippen molar-refractivity contribution >= 4 is 27.3 Å². The standard InChI is InChI=1S/C5H5NO4S2/c6-12(9,10)3-1-2-11-4(3)5(7)8/h1-2H,(H,7,8)(H2,6,9,10). The second-order valence-corrected chi connectivity index (χ2v) is 4.41. The first-order chi connectivity index (χ1) is 5.43. The summed E-state index contributed by atoms with van der Waals surface area (Å²) < 4.78 is 21.5. The van der Waals surface area contributed by atoms with Crippen LogP contribution in [-0.2, 0) is 10.0 Å². The molecule has 3 N–H and O–H groups in total. The minimum Gasteiger partial charge on any atom is -0.477 e. The van der Waals surface area contributed by atoms with E-state index in [1.54, 1.807) is 0 Å². The van der Waals surface area contributed by atoms with Gasteiger partial charge in [-0.15, -0.1) is 11.3 Å². The van der Waals surface area contributed by atoms with E-state index in [1.165, 1.54) is 11.4 Å². The molecule has 0 aromatic carbocycles. The van der Waals surface area contributed by atoms with Gasteiger partial charge in [0.05, 0.1) is 0 Å². The van der Waals surface area contributed by atoms with Gasteiger partial charge in [-0.3, -0.25) is 0 Å². The largest absolute Gasteiger partial charge is 0.477 e. The predicted molar refractivity (Wildman–Crippen MR) is 42.7 cm³/mol. The van der Waals surface area contributed by atoms with E-state index >= 15 is 0 Å². The Balaban J connectivity index is 3.36. The van der Waals surface area contributed by atoms with Gasteiger partial charge in [-0.25, -0.2) is 18.4 Å². The minimum absolute atomic E-state index is 0.252. The molecule has 0 unspecified atom stereocenters. The van der Waals surface area contributed by atoms with Crippen molar-refractivity contribution in [2.75, 3.05) is 0 Å². The first-order valence-corrected chi connectivity index (χ1v) is 5.19. The Morgan fingerprint density at radius 3 is 2.50 bits per heavy atom. The first-order valence-electron chi connectivity index (χ1n) is 2.76. The molecule has 7 heteroatoms. The molecule has 0 aliphatic carbocycles. The van der Waals surface area contributed by atoms with Gasteiger partial charge < -0.3 is 5.11 Å². The van der Waals surface area contributed by atoms with Gasteiger partial charge in [0.2, 0.25) is 10.0 Å². The van der Waals surface area contributed by atoms with E-state index in [0.29, 0.717) is 0 Å². The highest BCUT2D eigenvalue weighted by atomic mass is 32.2. The fraction of sp³-hybridized carbons (Fsp3) is 0. The molecule has 5 nitrogen and oxygen atoms in total. The van der Waals surface area contributed by atoms with Crippen LogP contribution in [0.3, 0.4) is 0 Å². The summed E-state index contributed by atoms with van der Waals surface area (Å²) >= 11 is 0.826. The Morgan fingerprint density at radius 1 is 1.58 bits per heavy atom. The Labute approximate surface area is 72.5 Å². The summed E-state index contributed by atoms with van der Waals surface area (Å²) in [5, 5.41) is 14.6. The summed E-state index contributed by atoms with van der Waals surface area (Å²) in [4.78, 5) is 9.83. The second-order valence-electron chi connectivity index (χ2n) is 1.96. The van der Waals surface area contributed by atoms with Crippen molar-refractivity contribution in [3.63, 3.8) is 0 Å². The normalized spacial score (nSPS) is 11.4. The third kappa shape index (κ3) is 1.63. The number of sulfonamides is 1. The van der Waals surface area contributed by atoms with E-state index in [4.69, 9.17) is 10.2 Å². The summed E-state index contributed by atoms with van der Waals surface area (Å²) in [6.45, 7) is 0. The third-order valence-corrected chi connectivity index (χ3v) is 3.11. The van der Waals surface area contributed by atoms with Crippen LogP contribution >= 0.6 is 11.3 Å². The summed E-state index contributed by atoms with van der Waals surface area (Å²) in [6.07, 6.45) is 0. The van der Waals surface area contributed by atoms with E-state index in [0.717, 1.165) is 11.3 Å². The molecule has 1 rings (SSSR count). The van der Waals surface area contributed by atoms with Gasteiger partial charge in [0.25, 0.3) is 0 Å². The Bertz CT molecular complexity index is 405. The zero-order valence-electron chi connectivity index (χ0n) is 5.72. The van der Waals surface area contributed by atoms with E-state index in [1.807, 2.05) is 0 Å². The van der Waals surface area contributed by atoms with Crippen molar-refractivity contribution in [3.8, 4) is 0 Å². The quantitative estimate of drug-likeness (QED) is 0.718. The molecule has 0 aliphatic rings. The van der Waals surface area contributed by atoms with Gasteiger partial charge in [-0.1, -0.05) is 0 Å². The van der Waals surface area contributed by atoms with Gasteiger partial charge in [-0.2, -0.15) is 0 Å². The summed E-state index contributed by atoms with van der Waals surface area (Å²) in [5.74, 6) is -1.28. The van der Waals surface area contributed by atoms with Gasteiger partial charge in [0.1, 0.15) is 9.77 Å². The lowest BCUT2D eigenvalue weighted by Crippen LogP contribution is -2.14. The summed E-state index contributed by atoms with van der Waals surface area (Å²) in [6, 6.07) is 1.17. The van der Waals surface area contributed by atoms with Gasteiger partial charge in [-0.05, 0) is 11.4 Å². The highest BCUT2D eigenvalue weighted by Crippen LogP contribution is 2.20. The van der Waals surface area contributed by atoms with Crippen molar-refractivity contribution in [1.82, 2.24) is 0 Å². The van der Waals surface area contributed by atoms with Crippen molar-refractivity contribution in [2.24, 2.45) is 5.14 Å². The van der Waals surface area contributed by atoms with E-state index in [-0.39, 0.29) is 9.77 Å². The van der Waals surface area contributed by atoms with E-state index in [2.05, 4.69) is 0 Å². The van der Waals surface area contributed by atoms with Crippen LogP contribution in [0.25, 0.3) is 0 Å². The number of aromatic carboxylic acids is 1. The zero-order chi connectivity index (χ0) is 9.35. The molecule has 0 radical (unpaired) electrons. The molecule has 1 aromatic rings. The molecule has 0 atom stereocenters. The van der Waals surface area contributed by atoms with Crippen LogP contribution in [0.1, 0.15) is 9.67 Å². The van der Waals surface area contributed by atoms with Crippen LogP contribution in [0.5, 0.6) is 0 Å². The van der Waals surface area contributed by atoms with Crippen molar-refractivity contribution in [3.05, 3.63) is 16.3 Å². The lowest BCUT2D eigenvalue weighted by molar-refractivity contribution is 0.0698. The maximum atomic E-state index is 10.7. The van der Waals surface area contributed by atoms with Gasteiger partial charge in [0, 0.05) is 0 Å². The number of thiophene rings is 1. The molecule has 0 fully saturated rings. The summed E-state index contributed by atoms with van der Waals surface area (Å²) in [5.41, 5.74) is 0. The van der Waals surface area contributed by atoms with Crippen molar-refractivity contribution in [1.29, 1.82) is 0 Å². The number of hydrogen-bond donors (Lipinski definition) is 2. The molecule has 0 saturated carbocycles. The Kier molecular flexibility index (Phi) is 2.18. The first kappa shape index (κ1) is 9.17. The average molecular weight is 207 g/mol. The lowest BCUT2D eigenvalue weighted by atomic mass is 10.5. The zero-order valence-corrected chi connectivity index (χ0v) is 7.35. The number of carboxylic acids is 1. The molecule has 0 amide bonds. The molecule has 0 aliphatic heterocycles. The number of rotatable bonds is 2. The second kappa shape index (κ2) is 2.85. The predicted octanol–water partition coefficient (Wildman–Crippen LogP) is 0.0937. The fourth-order valence-corrected chi connectivity index (χ4v) is 2.49. The topological polar surface area (TPSA) is 97.5 Å². The number of hydrogen-bond acceptors (Lipinski definition) is 4. The van der Waals surface area contributed by atoms with E-state index in [9.17, 15) is 13.2 Å². The maximum Gasteiger partial charge on any atom is 0.347 e. The third-order valence-electron chi connectivity index (χ3n) is 1.13. The Hall–Kier alpha value is -0.920. The highest BCUT2D eigenvalue weighted by molar-refractivity contribution is 7.89. The van der Waals surface area contributed by atoms with Crippen molar-refractivity contribution in [2.45, 2.75) is 4.90 Å². The van der Waals surface area contributed by atoms with Crippen LogP contribution in [0.2, 0.25) is 0 Å². The lowest BCUT2D eigenvalue weighted by Gasteiger charge is -1.94.